The van der Waals surface area contributed by atoms with Crippen LogP contribution in [-0.2, 0) is 9.53 Å². The Kier molecular flexibility index (Phi) is 4.04. The zero-order valence-corrected chi connectivity index (χ0v) is 10.9. The first-order valence-corrected chi connectivity index (χ1v) is 6.53. The Hall–Kier alpha value is -1.75. The van der Waals surface area contributed by atoms with E-state index in [9.17, 15) is 4.79 Å². The first-order chi connectivity index (χ1) is 8.72. The van der Waals surface area contributed by atoms with Crippen molar-refractivity contribution in [1.82, 2.24) is 4.98 Å². The van der Waals surface area contributed by atoms with Gasteiger partial charge in [0, 0.05) is 22.2 Å². The number of pyridine rings is 1. The predicted octanol–water partition coefficient (Wildman–Crippen LogP) is 2.47. The van der Waals surface area contributed by atoms with E-state index in [0.717, 1.165) is 15.8 Å². The van der Waals surface area contributed by atoms with Crippen molar-refractivity contribution >= 4 is 34.3 Å². The first kappa shape index (κ1) is 12.7. The number of hydrogen-bond donors (Lipinski definition) is 1. The molecule has 2 N–H and O–H groups in total. The number of anilines is 1. The van der Waals surface area contributed by atoms with E-state index < -0.39 is 0 Å². The summed E-state index contributed by atoms with van der Waals surface area (Å²) in [5, 5.41) is 1.02. The molecular weight excluding hydrogens is 248 g/mol. The number of hydrogen-bond acceptors (Lipinski definition) is 5. The van der Waals surface area contributed by atoms with Gasteiger partial charge in [-0.25, -0.2) is 0 Å². The molecule has 1 aromatic carbocycles. The molecular formula is C13H14N2O2S. The third kappa shape index (κ3) is 2.73. The Bertz CT molecular complexity index is 572. The van der Waals surface area contributed by atoms with Crippen LogP contribution in [0.1, 0.15) is 6.42 Å². The number of methoxy groups -OCH3 is 1. The summed E-state index contributed by atoms with van der Waals surface area (Å²) >= 11 is 1.61. The van der Waals surface area contributed by atoms with Crippen LogP contribution < -0.4 is 5.73 Å². The van der Waals surface area contributed by atoms with Crippen molar-refractivity contribution in [2.75, 3.05) is 18.6 Å². The Labute approximate surface area is 110 Å². The summed E-state index contributed by atoms with van der Waals surface area (Å²) < 4.78 is 4.61. The maximum atomic E-state index is 11.1. The van der Waals surface area contributed by atoms with E-state index in [1.807, 2.05) is 24.3 Å². The first-order valence-electron chi connectivity index (χ1n) is 5.55. The number of benzene rings is 1. The van der Waals surface area contributed by atoms with Gasteiger partial charge in [-0.3, -0.25) is 9.78 Å². The number of rotatable bonds is 4. The SMILES string of the molecule is COC(=O)CCSc1ccnc2c(N)cccc12. The van der Waals surface area contributed by atoms with Gasteiger partial charge < -0.3 is 10.5 Å². The van der Waals surface area contributed by atoms with Crippen LogP contribution in [-0.4, -0.2) is 23.8 Å². The summed E-state index contributed by atoms with van der Waals surface area (Å²) in [4.78, 5) is 16.4. The Morgan fingerprint density at radius 2 is 2.28 bits per heavy atom. The fraction of sp³-hybridized carbons (Fsp3) is 0.231. The average Bonchev–Trinajstić information content (AvgIpc) is 2.39. The van der Waals surface area contributed by atoms with Gasteiger partial charge in [-0.1, -0.05) is 12.1 Å². The molecule has 0 aliphatic carbocycles. The van der Waals surface area contributed by atoms with Crippen LogP contribution in [0.2, 0.25) is 0 Å². The van der Waals surface area contributed by atoms with Gasteiger partial charge in [0.15, 0.2) is 0 Å². The number of thioether (sulfide) groups is 1. The summed E-state index contributed by atoms with van der Waals surface area (Å²) in [6.07, 6.45) is 2.13. The number of carbonyl (C=O) groups is 1. The van der Waals surface area contributed by atoms with Gasteiger partial charge >= 0.3 is 5.97 Å². The number of para-hydroxylation sites is 1. The van der Waals surface area contributed by atoms with Crippen molar-refractivity contribution in [1.29, 1.82) is 0 Å². The second kappa shape index (κ2) is 5.73. The minimum atomic E-state index is -0.194. The van der Waals surface area contributed by atoms with Crippen molar-refractivity contribution in [3.05, 3.63) is 30.5 Å². The molecule has 0 radical (unpaired) electrons. The average molecular weight is 262 g/mol. The zero-order valence-electron chi connectivity index (χ0n) is 10.1. The Morgan fingerprint density at radius 3 is 3.06 bits per heavy atom. The maximum absolute atomic E-state index is 11.1. The van der Waals surface area contributed by atoms with Gasteiger partial charge in [0.25, 0.3) is 0 Å². The predicted molar refractivity (Wildman–Crippen MR) is 73.5 cm³/mol. The van der Waals surface area contributed by atoms with Crippen molar-refractivity contribution in [2.24, 2.45) is 0 Å². The summed E-state index contributed by atoms with van der Waals surface area (Å²) in [5.74, 6) is 0.487. The molecule has 0 aliphatic heterocycles. The van der Waals surface area contributed by atoms with Gasteiger partial charge in [0.1, 0.15) is 0 Å². The van der Waals surface area contributed by atoms with Crippen LogP contribution in [0.25, 0.3) is 10.9 Å². The number of nitrogens with two attached hydrogens (primary N) is 1. The molecule has 2 rings (SSSR count). The fourth-order valence-electron chi connectivity index (χ4n) is 1.65. The molecule has 0 amide bonds. The molecule has 1 heterocycles. The summed E-state index contributed by atoms with van der Waals surface area (Å²) in [6.45, 7) is 0. The number of fused-ring (bicyclic) bond motifs is 1. The van der Waals surface area contributed by atoms with Gasteiger partial charge in [-0.05, 0) is 12.1 Å². The third-order valence-electron chi connectivity index (χ3n) is 2.55. The third-order valence-corrected chi connectivity index (χ3v) is 3.63. The van der Waals surface area contributed by atoms with E-state index >= 15 is 0 Å². The minimum Gasteiger partial charge on any atom is -0.469 e. The molecule has 18 heavy (non-hydrogen) atoms. The molecule has 0 fully saturated rings. The molecule has 1 aromatic heterocycles. The molecule has 2 aromatic rings. The van der Waals surface area contributed by atoms with Gasteiger partial charge in [0.2, 0.25) is 0 Å². The van der Waals surface area contributed by atoms with E-state index in [-0.39, 0.29) is 5.97 Å². The fourth-order valence-corrected chi connectivity index (χ4v) is 2.61. The van der Waals surface area contributed by atoms with Gasteiger partial charge in [-0.15, -0.1) is 11.8 Å². The van der Waals surface area contributed by atoms with Gasteiger partial charge in [0.05, 0.1) is 24.7 Å². The van der Waals surface area contributed by atoms with Crippen LogP contribution in [0, 0.1) is 0 Å². The molecule has 5 heteroatoms. The monoisotopic (exact) mass is 262 g/mol. The maximum Gasteiger partial charge on any atom is 0.306 e. The number of ether oxygens (including phenoxy) is 1. The molecule has 0 atom stereocenters. The molecule has 0 unspecified atom stereocenters. The Balaban J connectivity index is 2.18. The molecule has 94 valence electrons. The number of carbonyl (C=O) groups excluding carboxylic acids is 1. The van der Waals surface area contributed by atoms with E-state index in [0.29, 0.717) is 17.9 Å². The normalized spacial score (nSPS) is 10.5. The summed E-state index contributed by atoms with van der Waals surface area (Å²) in [6, 6.07) is 7.66. The zero-order chi connectivity index (χ0) is 13.0. The lowest BCUT2D eigenvalue weighted by Crippen LogP contribution is -2.01. The van der Waals surface area contributed by atoms with Crippen LogP contribution >= 0.6 is 11.8 Å². The second-order valence-corrected chi connectivity index (χ2v) is 4.86. The molecule has 0 aliphatic rings. The van der Waals surface area contributed by atoms with Crippen LogP contribution in [0.4, 0.5) is 5.69 Å². The van der Waals surface area contributed by atoms with Crippen molar-refractivity contribution < 1.29 is 9.53 Å². The highest BCUT2D eigenvalue weighted by Crippen LogP contribution is 2.29. The highest BCUT2D eigenvalue weighted by Gasteiger charge is 2.06. The lowest BCUT2D eigenvalue weighted by atomic mass is 10.2. The highest BCUT2D eigenvalue weighted by atomic mass is 32.2. The number of aromatic nitrogens is 1. The summed E-state index contributed by atoms with van der Waals surface area (Å²) in [7, 11) is 1.40. The van der Waals surface area contributed by atoms with Crippen molar-refractivity contribution in [3.63, 3.8) is 0 Å². The highest BCUT2D eigenvalue weighted by molar-refractivity contribution is 7.99. The van der Waals surface area contributed by atoms with E-state index in [4.69, 9.17) is 5.73 Å². The topological polar surface area (TPSA) is 65.2 Å². The quantitative estimate of drug-likeness (QED) is 0.521. The van der Waals surface area contributed by atoms with Gasteiger partial charge in [-0.2, -0.15) is 0 Å². The lowest BCUT2D eigenvalue weighted by molar-refractivity contribution is -0.140. The smallest absolute Gasteiger partial charge is 0.306 e. The number of esters is 1. The van der Waals surface area contributed by atoms with E-state index in [1.165, 1.54) is 7.11 Å². The standard InChI is InChI=1S/C13H14N2O2S/c1-17-12(16)6-8-18-11-5-7-15-13-9(11)3-2-4-10(13)14/h2-5,7H,6,8,14H2,1H3. The van der Waals surface area contributed by atoms with Crippen molar-refractivity contribution in [3.8, 4) is 0 Å². The van der Waals surface area contributed by atoms with E-state index in [2.05, 4.69) is 9.72 Å². The molecule has 4 nitrogen and oxygen atoms in total. The van der Waals surface area contributed by atoms with Crippen LogP contribution in [0.15, 0.2) is 35.4 Å². The lowest BCUT2D eigenvalue weighted by Gasteiger charge is -2.06. The molecule has 0 bridgehead atoms. The molecule has 0 saturated carbocycles. The van der Waals surface area contributed by atoms with Crippen LogP contribution in [0.5, 0.6) is 0 Å². The molecule has 0 spiro atoms. The number of nitrogen functional groups attached to an aromatic ring is 1. The summed E-state index contributed by atoms with van der Waals surface area (Å²) in [5.41, 5.74) is 7.35. The van der Waals surface area contributed by atoms with Crippen molar-refractivity contribution in [2.45, 2.75) is 11.3 Å². The second-order valence-electron chi connectivity index (χ2n) is 3.73. The minimum absolute atomic E-state index is 0.194. The number of nitrogens with zero attached hydrogens (tertiary/aromatic N) is 1. The Morgan fingerprint density at radius 1 is 1.44 bits per heavy atom. The molecule has 0 saturated heterocycles. The van der Waals surface area contributed by atoms with E-state index in [1.54, 1.807) is 18.0 Å². The van der Waals surface area contributed by atoms with Crippen LogP contribution in [0.3, 0.4) is 0 Å². The largest absolute Gasteiger partial charge is 0.469 e.